The van der Waals surface area contributed by atoms with Gasteiger partial charge in [-0.2, -0.15) is 0 Å². The lowest BCUT2D eigenvalue weighted by Crippen LogP contribution is -2.59. The van der Waals surface area contributed by atoms with E-state index in [0.717, 1.165) is 19.3 Å². The van der Waals surface area contributed by atoms with Crippen molar-refractivity contribution in [2.45, 2.75) is 62.9 Å². The fourth-order valence-electron chi connectivity index (χ4n) is 2.88. The lowest BCUT2D eigenvalue weighted by molar-refractivity contribution is -0.320. The molecule has 1 saturated carbocycles. The Hall–Kier alpha value is -0.490. The van der Waals surface area contributed by atoms with Gasteiger partial charge in [0.15, 0.2) is 18.2 Å². The van der Waals surface area contributed by atoms with Crippen LogP contribution < -0.4 is 5.32 Å². The second-order valence-electron chi connectivity index (χ2n) is 5.01. The largest absolute Gasteiger partial charge is 0.359 e. The molecular weight excluding hydrogens is 222 g/mol. The topological polar surface area (TPSA) is 56.8 Å². The molecular formula is C12H19NO4. The number of nitrogens with one attached hydrogen (secondary N) is 1. The SMILES string of the molecule is CNC1CC(=O)C2OC3CCCCC3OC2O1. The van der Waals surface area contributed by atoms with Gasteiger partial charge in [-0.3, -0.25) is 10.1 Å². The van der Waals surface area contributed by atoms with E-state index in [0.29, 0.717) is 6.42 Å². The second kappa shape index (κ2) is 4.65. The second-order valence-corrected chi connectivity index (χ2v) is 5.01. The monoisotopic (exact) mass is 241 g/mol. The molecule has 5 atom stereocenters. The van der Waals surface area contributed by atoms with E-state index in [-0.39, 0.29) is 24.2 Å². The van der Waals surface area contributed by atoms with Crippen LogP contribution in [0, 0.1) is 0 Å². The van der Waals surface area contributed by atoms with Gasteiger partial charge < -0.3 is 14.2 Å². The number of carbonyl (C=O) groups excluding carboxylic acids is 1. The van der Waals surface area contributed by atoms with Crippen LogP contribution in [0.4, 0.5) is 0 Å². The summed E-state index contributed by atoms with van der Waals surface area (Å²) < 4.78 is 17.4. The van der Waals surface area contributed by atoms with E-state index in [4.69, 9.17) is 14.2 Å². The Kier molecular flexibility index (Phi) is 3.17. The van der Waals surface area contributed by atoms with Gasteiger partial charge in [0.25, 0.3) is 0 Å². The first-order valence-electron chi connectivity index (χ1n) is 6.44. The standard InChI is InChI=1S/C12H19NO4/c1-13-10-6-7(14)11-12(17-10)16-9-5-3-2-4-8(9)15-11/h8-13H,2-6H2,1H3. The molecule has 0 bridgehead atoms. The fraction of sp³-hybridized carbons (Fsp3) is 0.917. The number of hydrogen-bond donors (Lipinski definition) is 1. The highest BCUT2D eigenvalue weighted by atomic mass is 16.7. The Bertz CT molecular complexity index is 309. The normalized spacial score (nSPS) is 46.2. The van der Waals surface area contributed by atoms with Crippen LogP contribution in [0.1, 0.15) is 32.1 Å². The van der Waals surface area contributed by atoms with Crippen molar-refractivity contribution in [3.8, 4) is 0 Å². The van der Waals surface area contributed by atoms with Crippen molar-refractivity contribution in [3.63, 3.8) is 0 Å². The molecule has 0 aromatic heterocycles. The third kappa shape index (κ3) is 2.12. The fourth-order valence-corrected chi connectivity index (χ4v) is 2.88. The maximum Gasteiger partial charge on any atom is 0.193 e. The van der Waals surface area contributed by atoms with E-state index >= 15 is 0 Å². The van der Waals surface area contributed by atoms with Crippen LogP contribution in [-0.2, 0) is 19.0 Å². The van der Waals surface area contributed by atoms with Crippen molar-refractivity contribution in [2.75, 3.05) is 7.05 Å². The molecule has 0 spiro atoms. The number of fused-ring (bicyclic) bond motifs is 2. The van der Waals surface area contributed by atoms with Crippen molar-refractivity contribution in [2.24, 2.45) is 0 Å². The highest BCUT2D eigenvalue weighted by Gasteiger charge is 2.47. The van der Waals surface area contributed by atoms with E-state index in [1.807, 2.05) is 0 Å². The van der Waals surface area contributed by atoms with Gasteiger partial charge in [0.05, 0.1) is 12.2 Å². The lowest BCUT2D eigenvalue weighted by atomic mass is 9.92. The Morgan fingerprint density at radius 2 is 1.82 bits per heavy atom. The molecule has 2 saturated heterocycles. The summed E-state index contributed by atoms with van der Waals surface area (Å²) in [5, 5.41) is 2.96. The van der Waals surface area contributed by atoms with Crippen molar-refractivity contribution in [1.82, 2.24) is 5.32 Å². The first-order chi connectivity index (χ1) is 8.28. The van der Waals surface area contributed by atoms with Crippen LogP contribution in [0.25, 0.3) is 0 Å². The smallest absolute Gasteiger partial charge is 0.193 e. The Morgan fingerprint density at radius 3 is 2.53 bits per heavy atom. The van der Waals surface area contributed by atoms with Gasteiger partial charge in [-0.25, -0.2) is 0 Å². The van der Waals surface area contributed by atoms with Gasteiger partial charge >= 0.3 is 0 Å². The molecule has 96 valence electrons. The Labute approximate surface area is 101 Å². The van der Waals surface area contributed by atoms with Crippen LogP contribution in [0.3, 0.4) is 0 Å². The van der Waals surface area contributed by atoms with Crippen LogP contribution in [-0.4, -0.2) is 43.7 Å². The first-order valence-corrected chi connectivity index (χ1v) is 6.44. The zero-order valence-corrected chi connectivity index (χ0v) is 10.1. The van der Waals surface area contributed by atoms with Crippen molar-refractivity contribution >= 4 is 5.78 Å². The summed E-state index contributed by atoms with van der Waals surface area (Å²) in [6.07, 6.45) is 3.61. The maximum atomic E-state index is 11.9. The van der Waals surface area contributed by atoms with Gasteiger partial charge in [-0.05, 0) is 19.9 Å². The highest BCUT2D eigenvalue weighted by molar-refractivity contribution is 5.84. The quantitative estimate of drug-likeness (QED) is 0.727. The summed E-state index contributed by atoms with van der Waals surface area (Å²) in [5.74, 6) is 0.0876. The predicted molar refractivity (Wildman–Crippen MR) is 59.3 cm³/mol. The predicted octanol–water partition coefficient (Wildman–Crippen LogP) is 0.574. The third-order valence-electron chi connectivity index (χ3n) is 3.84. The average Bonchev–Trinajstić information content (AvgIpc) is 2.36. The van der Waals surface area contributed by atoms with E-state index in [1.54, 1.807) is 7.05 Å². The molecule has 3 rings (SSSR count). The molecule has 5 heteroatoms. The van der Waals surface area contributed by atoms with Crippen LogP contribution in [0.15, 0.2) is 0 Å². The molecule has 3 fully saturated rings. The zero-order valence-electron chi connectivity index (χ0n) is 10.1. The van der Waals surface area contributed by atoms with Crippen molar-refractivity contribution in [1.29, 1.82) is 0 Å². The summed E-state index contributed by atoms with van der Waals surface area (Å²) in [4.78, 5) is 11.9. The lowest BCUT2D eigenvalue weighted by Gasteiger charge is -2.46. The number of ether oxygens (including phenoxy) is 3. The van der Waals surface area contributed by atoms with Crippen molar-refractivity contribution in [3.05, 3.63) is 0 Å². The van der Waals surface area contributed by atoms with Gasteiger partial charge in [-0.15, -0.1) is 0 Å². The molecule has 1 N–H and O–H groups in total. The Balaban J connectivity index is 1.72. The van der Waals surface area contributed by atoms with Gasteiger partial charge in [-0.1, -0.05) is 12.8 Å². The molecule has 3 aliphatic rings. The van der Waals surface area contributed by atoms with Crippen molar-refractivity contribution < 1.29 is 19.0 Å². The summed E-state index contributed by atoms with van der Waals surface area (Å²) in [6.45, 7) is 0. The summed E-state index contributed by atoms with van der Waals surface area (Å²) >= 11 is 0. The minimum Gasteiger partial charge on any atom is -0.359 e. The molecule has 2 heterocycles. The summed E-state index contributed by atoms with van der Waals surface area (Å²) in [5.41, 5.74) is 0. The average molecular weight is 241 g/mol. The van der Waals surface area contributed by atoms with E-state index in [1.165, 1.54) is 6.42 Å². The van der Waals surface area contributed by atoms with Gasteiger partial charge in [0.2, 0.25) is 0 Å². The molecule has 0 radical (unpaired) electrons. The number of hydrogen-bond acceptors (Lipinski definition) is 5. The van der Waals surface area contributed by atoms with E-state index < -0.39 is 12.4 Å². The molecule has 2 aliphatic heterocycles. The maximum absolute atomic E-state index is 11.9. The molecule has 0 amide bonds. The van der Waals surface area contributed by atoms with E-state index in [2.05, 4.69) is 5.32 Å². The first kappa shape index (κ1) is 11.6. The number of ketones is 1. The molecule has 5 unspecified atom stereocenters. The van der Waals surface area contributed by atoms with Gasteiger partial charge in [0, 0.05) is 6.42 Å². The number of rotatable bonds is 1. The zero-order chi connectivity index (χ0) is 11.8. The summed E-state index contributed by atoms with van der Waals surface area (Å²) in [6, 6.07) is 0. The third-order valence-corrected chi connectivity index (χ3v) is 3.84. The minimum absolute atomic E-state index is 0.0867. The van der Waals surface area contributed by atoms with E-state index in [9.17, 15) is 4.79 Å². The van der Waals surface area contributed by atoms with Crippen LogP contribution >= 0.6 is 0 Å². The molecule has 17 heavy (non-hydrogen) atoms. The van der Waals surface area contributed by atoms with Crippen LogP contribution in [0.5, 0.6) is 0 Å². The van der Waals surface area contributed by atoms with Crippen LogP contribution in [0.2, 0.25) is 0 Å². The molecule has 5 nitrogen and oxygen atoms in total. The summed E-state index contributed by atoms with van der Waals surface area (Å²) in [7, 11) is 1.78. The number of Topliss-reactive ketones (excluding diaryl/α,β-unsaturated/α-hetero) is 1. The van der Waals surface area contributed by atoms with Gasteiger partial charge in [0.1, 0.15) is 6.23 Å². The molecule has 0 aromatic rings. The molecule has 0 aromatic carbocycles. The molecule has 1 aliphatic carbocycles. The highest BCUT2D eigenvalue weighted by Crippen LogP contribution is 2.34. The Morgan fingerprint density at radius 1 is 1.12 bits per heavy atom. The number of carbonyl (C=O) groups is 1. The minimum atomic E-state index is -0.520.